The van der Waals surface area contributed by atoms with Crippen molar-refractivity contribution in [3.8, 4) is 0 Å². The predicted octanol–water partition coefficient (Wildman–Crippen LogP) is 5.93. The summed E-state index contributed by atoms with van der Waals surface area (Å²) in [4.78, 5) is 20.1. The van der Waals surface area contributed by atoms with E-state index in [1.807, 2.05) is 60.8 Å². The molecule has 0 N–H and O–H groups in total. The molecule has 6 rings (SSSR count). The van der Waals surface area contributed by atoms with Crippen LogP contribution in [0.25, 0.3) is 5.57 Å². The Balaban J connectivity index is 1.51. The number of nitrogens with zero attached hydrogens (tertiary/aromatic N) is 4. The fraction of sp³-hybridized carbons (Fsp3) is 0. The minimum atomic E-state index is 0.877. The summed E-state index contributed by atoms with van der Waals surface area (Å²) >= 11 is 5.25. The Morgan fingerprint density at radius 3 is 1.73 bits per heavy atom. The normalized spacial score (nSPS) is 20.9. The van der Waals surface area contributed by atoms with Gasteiger partial charge < -0.3 is 0 Å². The van der Waals surface area contributed by atoms with Crippen LogP contribution in [0.2, 0.25) is 0 Å². The van der Waals surface area contributed by atoms with E-state index in [0.717, 1.165) is 60.6 Å². The van der Waals surface area contributed by atoms with Gasteiger partial charge >= 0.3 is 0 Å². The molecule has 5 aliphatic rings. The fourth-order valence-electron chi connectivity index (χ4n) is 3.55. The first-order valence-electron chi connectivity index (χ1n) is 9.40. The molecule has 6 heterocycles. The Kier molecular flexibility index (Phi) is 4.07. The summed E-state index contributed by atoms with van der Waals surface area (Å²) in [6.07, 6.45) is 22.1. The molecule has 0 amide bonds. The first-order valence-corrected chi connectivity index (χ1v) is 11.1. The molecule has 0 aromatic carbocycles. The Hall–Kier alpha value is -3.22. The smallest absolute Gasteiger partial charge is 0.0745 e. The molecule has 6 heteroatoms. The van der Waals surface area contributed by atoms with Gasteiger partial charge in [0, 0.05) is 20.3 Å². The number of allylic oxidation sites excluding steroid dienone is 12. The van der Waals surface area contributed by atoms with Crippen LogP contribution in [0.3, 0.4) is 0 Å². The van der Waals surface area contributed by atoms with E-state index in [0.29, 0.717) is 0 Å². The van der Waals surface area contributed by atoms with Crippen LogP contribution < -0.4 is 0 Å². The number of thiophene rings is 1. The van der Waals surface area contributed by atoms with Gasteiger partial charge in [-0.05, 0) is 88.8 Å². The molecule has 5 aliphatic heterocycles. The number of fused-ring (bicyclic) bond motifs is 4. The summed E-state index contributed by atoms with van der Waals surface area (Å²) < 4.78 is 1.07. The molecule has 0 aliphatic carbocycles. The van der Waals surface area contributed by atoms with Crippen LogP contribution in [0.1, 0.15) is 4.88 Å². The average Bonchev–Trinajstić information content (AvgIpc) is 3.51. The van der Waals surface area contributed by atoms with Crippen LogP contribution in [0, 0.1) is 0 Å². The lowest BCUT2D eigenvalue weighted by atomic mass is 10.1. The standard InChI is InChI=1S/C24H13BrN4S/c25-14-7-24(30-13-14)22-11-21-10-19-4-3-17(27-19)8-15-1-2-16(26-15)9-18-5-6-20(28-18)12-23(22)29-21/h1-13H. The summed E-state index contributed by atoms with van der Waals surface area (Å²) in [6, 6.07) is 2.12. The quantitative estimate of drug-likeness (QED) is 0.490. The monoisotopic (exact) mass is 468 g/mol. The largest absolute Gasteiger partial charge is 0.249 e. The maximum atomic E-state index is 4.87. The van der Waals surface area contributed by atoms with Gasteiger partial charge in [0.15, 0.2) is 0 Å². The first-order chi connectivity index (χ1) is 14.7. The summed E-state index contributed by atoms with van der Waals surface area (Å²) in [7, 11) is 0. The van der Waals surface area contributed by atoms with Crippen molar-refractivity contribution in [2.45, 2.75) is 0 Å². The molecule has 0 saturated heterocycles. The Labute approximate surface area is 185 Å². The van der Waals surface area contributed by atoms with Crippen LogP contribution >= 0.6 is 27.3 Å². The second-order valence-corrected chi connectivity index (χ2v) is 8.90. The van der Waals surface area contributed by atoms with E-state index < -0.39 is 0 Å². The van der Waals surface area contributed by atoms with Crippen molar-refractivity contribution in [2.24, 2.45) is 20.0 Å². The van der Waals surface area contributed by atoms with Crippen molar-refractivity contribution in [3.63, 3.8) is 0 Å². The summed E-state index contributed by atoms with van der Waals surface area (Å²) in [5, 5.41) is 2.08. The molecule has 142 valence electrons. The molecule has 0 atom stereocenters. The van der Waals surface area contributed by atoms with Gasteiger partial charge in [0.2, 0.25) is 0 Å². The molecular weight excluding hydrogens is 456 g/mol. The highest BCUT2D eigenvalue weighted by Gasteiger charge is 2.19. The first kappa shape index (κ1) is 17.6. The molecule has 1 aromatic rings. The number of halogens is 1. The molecule has 1 aromatic heterocycles. The topological polar surface area (TPSA) is 49.4 Å². The van der Waals surface area contributed by atoms with E-state index in [9.17, 15) is 0 Å². The highest BCUT2D eigenvalue weighted by molar-refractivity contribution is 9.10. The lowest BCUT2D eigenvalue weighted by Gasteiger charge is -2.00. The fourth-order valence-corrected chi connectivity index (χ4v) is 5.00. The molecule has 0 saturated carbocycles. The lowest BCUT2D eigenvalue weighted by Crippen LogP contribution is -1.94. The van der Waals surface area contributed by atoms with Gasteiger partial charge in [0.05, 0.1) is 45.6 Å². The zero-order valence-corrected chi connectivity index (χ0v) is 18.0. The molecule has 0 spiro atoms. The van der Waals surface area contributed by atoms with Crippen LogP contribution in [-0.2, 0) is 0 Å². The Bertz CT molecular complexity index is 1380. The molecule has 0 unspecified atom stereocenters. The highest BCUT2D eigenvalue weighted by Crippen LogP contribution is 2.33. The number of hydrogen-bond donors (Lipinski definition) is 0. The maximum absolute atomic E-state index is 4.87. The predicted molar refractivity (Wildman–Crippen MR) is 129 cm³/mol. The number of hydrogen-bond acceptors (Lipinski definition) is 5. The third-order valence-corrected chi connectivity index (χ3v) is 6.60. The van der Waals surface area contributed by atoms with Crippen molar-refractivity contribution in [1.82, 2.24) is 0 Å². The van der Waals surface area contributed by atoms with Gasteiger partial charge in [0.25, 0.3) is 0 Å². The second kappa shape index (κ2) is 6.93. The number of rotatable bonds is 1. The van der Waals surface area contributed by atoms with Crippen molar-refractivity contribution < 1.29 is 0 Å². The van der Waals surface area contributed by atoms with E-state index in [1.165, 1.54) is 0 Å². The van der Waals surface area contributed by atoms with Gasteiger partial charge in [-0.2, -0.15) is 0 Å². The molecular formula is C24H13BrN4S. The van der Waals surface area contributed by atoms with Crippen LogP contribution in [0.5, 0.6) is 0 Å². The third-order valence-electron chi connectivity index (χ3n) is 4.87. The van der Waals surface area contributed by atoms with Crippen LogP contribution in [0.15, 0.2) is 126 Å². The Morgan fingerprint density at radius 2 is 1.17 bits per heavy atom. The van der Waals surface area contributed by atoms with Gasteiger partial charge in [-0.3, -0.25) is 0 Å². The molecule has 30 heavy (non-hydrogen) atoms. The van der Waals surface area contributed by atoms with E-state index in [-0.39, 0.29) is 0 Å². The number of aliphatic imine (C=N–C) groups is 4. The minimum Gasteiger partial charge on any atom is -0.249 e. The third kappa shape index (κ3) is 3.34. The second-order valence-electron chi connectivity index (χ2n) is 7.07. The zero-order valence-electron chi connectivity index (χ0n) is 15.6. The SMILES string of the molecule is Brc1csc(C2=CC3=CC4=NC(=CC5=NC(=CC6=NC(=CC2=N3)C=C6)C=C5)C=C4)c1. The minimum absolute atomic E-state index is 0.877. The van der Waals surface area contributed by atoms with E-state index in [1.54, 1.807) is 11.3 Å². The molecule has 4 nitrogen and oxygen atoms in total. The van der Waals surface area contributed by atoms with Crippen LogP contribution in [0.4, 0.5) is 0 Å². The average molecular weight is 469 g/mol. The summed E-state index contributed by atoms with van der Waals surface area (Å²) in [5.74, 6) is 0. The van der Waals surface area contributed by atoms with E-state index in [2.05, 4.69) is 38.4 Å². The van der Waals surface area contributed by atoms with Crippen molar-refractivity contribution in [3.05, 3.63) is 110 Å². The van der Waals surface area contributed by atoms with Crippen molar-refractivity contribution >= 4 is 55.7 Å². The van der Waals surface area contributed by atoms with Crippen molar-refractivity contribution in [1.29, 1.82) is 0 Å². The molecule has 0 radical (unpaired) electrons. The van der Waals surface area contributed by atoms with Gasteiger partial charge in [-0.15, -0.1) is 11.3 Å². The maximum Gasteiger partial charge on any atom is 0.0745 e. The van der Waals surface area contributed by atoms with Crippen LogP contribution in [-0.4, -0.2) is 22.8 Å². The summed E-state index contributed by atoms with van der Waals surface area (Å²) in [6.45, 7) is 0. The van der Waals surface area contributed by atoms with Gasteiger partial charge in [-0.25, -0.2) is 20.0 Å². The molecule has 8 bridgehead atoms. The highest BCUT2D eigenvalue weighted by atomic mass is 79.9. The Morgan fingerprint density at radius 1 is 0.600 bits per heavy atom. The van der Waals surface area contributed by atoms with E-state index in [4.69, 9.17) is 15.0 Å². The molecule has 0 fully saturated rings. The van der Waals surface area contributed by atoms with Gasteiger partial charge in [-0.1, -0.05) is 0 Å². The zero-order chi connectivity index (χ0) is 20.1. The summed E-state index contributed by atoms with van der Waals surface area (Å²) in [5.41, 5.74) is 8.16. The van der Waals surface area contributed by atoms with E-state index >= 15 is 0 Å². The van der Waals surface area contributed by atoms with Gasteiger partial charge in [0.1, 0.15) is 0 Å². The van der Waals surface area contributed by atoms with Crippen molar-refractivity contribution in [2.75, 3.05) is 0 Å². The lowest BCUT2D eigenvalue weighted by molar-refractivity contribution is 1.41.